The fourth-order valence-corrected chi connectivity index (χ4v) is 2.57. The van der Waals surface area contributed by atoms with Gasteiger partial charge in [0.15, 0.2) is 11.6 Å². The molecule has 2 heterocycles. The second-order valence-corrected chi connectivity index (χ2v) is 5.81. The van der Waals surface area contributed by atoms with Gasteiger partial charge in [0.2, 0.25) is 0 Å². The van der Waals surface area contributed by atoms with Crippen molar-refractivity contribution in [3.05, 3.63) is 46.1 Å². The van der Waals surface area contributed by atoms with Gasteiger partial charge < -0.3 is 20.5 Å². The minimum absolute atomic E-state index is 0.219. The number of aromatic amines is 1. The smallest absolute Gasteiger partial charge is 0.319 e. The Labute approximate surface area is 149 Å². The Hall–Kier alpha value is -3.36. The standard InChI is InChI=1S/C17H20N6O3/c1-10-14(11(2)26-23-10)20-17(25)19-9-5-8-18-15-12-6-3-4-7-13(12)16(24)22-21-15/h3-4,6-7H,5,8-9H2,1-2H3,(H,18,21)(H,22,24)(H2,19,20,25). The van der Waals surface area contributed by atoms with Gasteiger partial charge in [-0.2, -0.15) is 5.10 Å². The highest BCUT2D eigenvalue weighted by Gasteiger charge is 2.11. The predicted molar refractivity (Wildman–Crippen MR) is 98.5 cm³/mol. The Morgan fingerprint density at radius 3 is 2.69 bits per heavy atom. The number of nitrogens with one attached hydrogen (secondary N) is 4. The molecule has 3 aromatic rings. The molecule has 2 amide bonds. The Bertz CT molecular complexity index is 959. The van der Waals surface area contributed by atoms with Gasteiger partial charge in [-0.05, 0) is 26.3 Å². The number of hydrogen-bond acceptors (Lipinski definition) is 6. The van der Waals surface area contributed by atoms with E-state index in [9.17, 15) is 9.59 Å². The molecule has 0 fully saturated rings. The number of nitrogens with zero attached hydrogens (tertiary/aromatic N) is 2. The topological polar surface area (TPSA) is 125 Å². The van der Waals surface area contributed by atoms with Crippen LogP contribution < -0.4 is 21.5 Å². The van der Waals surface area contributed by atoms with E-state index in [-0.39, 0.29) is 11.6 Å². The third kappa shape index (κ3) is 3.82. The summed E-state index contributed by atoms with van der Waals surface area (Å²) in [6, 6.07) is 6.95. The van der Waals surface area contributed by atoms with Crippen molar-refractivity contribution < 1.29 is 9.32 Å². The minimum Gasteiger partial charge on any atom is -0.368 e. The van der Waals surface area contributed by atoms with Crippen molar-refractivity contribution in [1.29, 1.82) is 0 Å². The Morgan fingerprint density at radius 1 is 1.19 bits per heavy atom. The van der Waals surface area contributed by atoms with E-state index >= 15 is 0 Å². The molecule has 0 aliphatic rings. The normalized spacial score (nSPS) is 10.7. The Kier molecular flexibility index (Phi) is 5.16. The van der Waals surface area contributed by atoms with Gasteiger partial charge in [0, 0.05) is 18.5 Å². The summed E-state index contributed by atoms with van der Waals surface area (Å²) in [5.41, 5.74) is 1.00. The molecule has 0 atom stereocenters. The zero-order valence-corrected chi connectivity index (χ0v) is 14.5. The molecule has 9 nitrogen and oxygen atoms in total. The van der Waals surface area contributed by atoms with E-state index in [1.54, 1.807) is 19.9 Å². The number of fused-ring (bicyclic) bond motifs is 1. The van der Waals surface area contributed by atoms with Gasteiger partial charge in [-0.1, -0.05) is 23.4 Å². The maximum atomic E-state index is 11.9. The molecule has 0 spiro atoms. The number of H-pyrrole nitrogens is 1. The Morgan fingerprint density at radius 2 is 1.96 bits per heavy atom. The molecule has 0 aliphatic heterocycles. The monoisotopic (exact) mass is 356 g/mol. The van der Waals surface area contributed by atoms with Crippen molar-refractivity contribution in [2.45, 2.75) is 20.3 Å². The summed E-state index contributed by atoms with van der Waals surface area (Å²) in [5, 5.41) is 20.3. The minimum atomic E-state index is -0.313. The van der Waals surface area contributed by atoms with Crippen LogP contribution in [0.3, 0.4) is 0 Å². The average molecular weight is 356 g/mol. The lowest BCUT2D eigenvalue weighted by molar-refractivity contribution is 0.252. The fraction of sp³-hybridized carbons (Fsp3) is 0.294. The number of anilines is 2. The van der Waals surface area contributed by atoms with Crippen LogP contribution in [0.2, 0.25) is 0 Å². The molecule has 2 aromatic heterocycles. The average Bonchev–Trinajstić information content (AvgIpc) is 2.95. The zero-order chi connectivity index (χ0) is 18.5. The second-order valence-electron chi connectivity index (χ2n) is 5.81. The second kappa shape index (κ2) is 7.68. The lowest BCUT2D eigenvalue weighted by Gasteiger charge is -2.09. The summed E-state index contributed by atoms with van der Waals surface area (Å²) in [5.74, 6) is 1.18. The van der Waals surface area contributed by atoms with E-state index in [1.165, 1.54) is 0 Å². The number of hydrogen-bond donors (Lipinski definition) is 4. The highest BCUT2D eigenvalue weighted by atomic mass is 16.5. The van der Waals surface area contributed by atoms with Crippen LogP contribution in [0.25, 0.3) is 10.8 Å². The molecular formula is C17H20N6O3. The van der Waals surface area contributed by atoms with Crippen LogP contribution in [0.4, 0.5) is 16.3 Å². The summed E-state index contributed by atoms with van der Waals surface area (Å²) in [6.45, 7) is 4.57. The number of benzene rings is 1. The maximum absolute atomic E-state index is 11.9. The number of amides is 2. The van der Waals surface area contributed by atoms with Gasteiger partial charge in [0.25, 0.3) is 5.56 Å². The first kappa shape index (κ1) is 17.5. The van der Waals surface area contributed by atoms with Crippen molar-refractivity contribution >= 4 is 28.3 Å². The van der Waals surface area contributed by atoms with E-state index in [1.807, 2.05) is 18.2 Å². The van der Waals surface area contributed by atoms with Crippen molar-refractivity contribution in [3.8, 4) is 0 Å². The summed E-state index contributed by atoms with van der Waals surface area (Å²) < 4.78 is 5.00. The van der Waals surface area contributed by atoms with Crippen LogP contribution in [0, 0.1) is 13.8 Å². The molecule has 26 heavy (non-hydrogen) atoms. The van der Waals surface area contributed by atoms with Gasteiger partial charge >= 0.3 is 6.03 Å². The van der Waals surface area contributed by atoms with E-state index < -0.39 is 0 Å². The fourth-order valence-electron chi connectivity index (χ4n) is 2.57. The lowest BCUT2D eigenvalue weighted by atomic mass is 10.2. The lowest BCUT2D eigenvalue weighted by Crippen LogP contribution is -2.30. The van der Waals surface area contributed by atoms with Crippen molar-refractivity contribution in [1.82, 2.24) is 20.7 Å². The summed E-state index contributed by atoms with van der Waals surface area (Å²) in [6.07, 6.45) is 0.685. The van der Waals surface area contributed by atoms with E-state index in [0.29, 0.717) is 47.9 Å². The molecule has 0 saturated heterocycles. The molecular weight excluding hydrogens is 336 g/mol. The Balaban J connectivity index is 1.47. The highest BCUT2D eigenvalue weighted by Crippen LogP contribution is 2.18. The van der Waals surface area contributed by atoms with Crippen LogP contribution in [-0.2, 0) is 0 Å². The van der Waals surface area contributed by atoms with Gasteiger partial charge in [0.05, 0.1) is 5.39 Å². The number of aromatic nitrogens is 3. The molecule has 0 unspecified atom stereocenters. The first-order valence-electron chi connectivity index (χ1n) is 8.25. The van der Waals surface area contributed by atoms with E-state index in [4.69, 9.17) is 4.52 Å². The number of carbonyl (C=O) groups is 1. The summed E-state index contributed by atoms with van der Waals surface area (Å²) >= 11 is 0. The number of carbonyl (C=O) groups excluding carboxylic acids is 1. The first-order valence-corrected chi connectivity index (χ1v) is 8.25. The van der Waals surface area contributed by atoms with Crippen LogP contribution >= 0.6 is 0 Å². The molecule has 3 rings (SSSR count). The molecule has 0 radical (unpaired) electrons. The van der Waals surface area contributed by atoms with Crippen molar-refractivity contribution in [3.63, 3.8) is 0 Å². The SMILES string of the molecule is Cc1noc(C)c1NC(=O)NCCCNc1n[nH]c(=O)c2ccccc12. The molecule has 0 saturated carbocycles. The van der Waals surface area contributed by atoms with Gasteiger partial charge in [-0.3, -0.25) is 4.79 Å². The molecule has 0 bridgehead atoms. The van der Waals surface area contributed by atoms with E-state index in [2.05, 4.69) is 31.3 Å². The molecule has 4 N–H and O–H groups in total. The number of aryl methyl sites for hydroxylation is 2. The van der Waals surface area contributed by atoms with Crippen molar-refractivity contribution in [2.24, 2.45) is 0 Å². The van der Waals surface area contributed by atoms with Gasteiger partial charge in [-0.25, -0.2) is 9.89 Å². The van der Waals surface area contributed by atoms with Crippen molar-refractivity contribution in [2.75, 3.05) is 23.7 Å². The first-order chi connectivity index (χ1) is 12.6. The summed E-state index contributed by atoms with van der Waals surface area (Å²) in [4.78, 5) is 23.6. The van der Waals surface area contributed by atoms with Crippen LogP contribution in [0.15, 0.2) is 33.6 Å². The molecule has 0 aliphatic carbocycles. The van der Waals surface area contributed by atoms with Gasteiger partial charge in [-0.15, -0.1) is 0 Å². The predicted octanol–water partition coefficient (Wildman–Crippen LogP) is 2.15. The quantitative estimate of drug-likeness (QED) is 0.502. The molecule has 136 valence electrons. The third-order valence-corrected chi connectivity index (χ3v) is 3.90. The third-order valence-electron chi connectivity index (χ3n) is 3.90. The molecule has 9 heteroatoms. The number of urea groups is 1. The van der Waals surface area contributed by atoms with Crippen LogP contribution in [0.5, 0.6) is 0 Å². The zero-order valence-electron chi connectivity index (χ0n) is 14.5. The van der Waals surface area contributed by atoms with Gasteiger partial charge in [0.1, 0.15) is 11.4 Å². The van der Waals surface area contributed by atoms with E-state index in [0.717, 1.165) is 5.39 Å². The maximum Gasteiger partial charge on any atom is 0.319 e. The largest absolute Gasteiger partial charge is 0.368 e. The highest BCUT2D eigenvalue weighted by molar-refractivity contribution is 5.91. The summed E-state index contributed by atoms with van der Waals surface area (Å²) in [7, 11) is 0. The van der Waals surface area contributed by atoms with Crippen LogP contribution in [-0.4, -0.2) is 34.5 Å². The molecule has 1 aromatic carbocycles. The number of rotatable bonds is 6. The van der Waals surface area contributed by atoms with Crippen LogP contribution in [0.1, 0.15) is 17.9 Å².